The molecule has 0 aliphatic carbocycles. The van der Waals surface area contributed by atoms with Crippen LogP contribution < -0.4 is 0 Å². The highest BCUT2D eigenvalue weighted by Gasteiger charge is 2.15. The van der Waals surface area contributed by atoms with Crippen LogP contribution in [0.4, 0.5) is 0 Å². The minimum Gasteiger partial charge on any atom is -0.223 e. The quantitative estimate of drug-likeness (QED) is 0.459. The maximum atomic E-state index is 11.9. The Balaban J connectivity index is 3.08. The summed E-state index contributed by atoms with van der Waals surface area (Å²) in [5.74, 6) is -0.528. The minimum atomic E-state index is -3.63. The van der Waals surface area contributed by atoms with Crippen LogP contribution in [0.1, 0.15) is 0 Å². The molecule has 0 radical (unpaired) electrons. The summed E-state index contributed by atoms with van der Waals surface area (Å²) in [6, 6.07) is 7.70. The standard InChI is InChI=1S/C9H8N6O2S/c10-14-12-6-8(13-15-11)7-18(16,17)9-4-2-1-3-5-9/h1-6H,7H2/b8-6+. The molecule has 0 heterocycles. The van der Waals surface area contributed by atoms with Crippen molar-refractivity contribution >= 4 is 9.84 Å². The number of sulfone groups is 1. The highest BCUT2D eigenvalue weighted by molar-refractivity contribution is 7.91. The summed E-state index contributed by atoms with van der Waals surface area (Å²) in [6.07, 6.45) is 0.875. The third kappa shape index (κ3) is 3.84. The fourth-order valence-corrected chi connectivity index (χ4v) is 2.41. The Morgan fingerprint density at radius 3 is 2.44 bits per heavy atom. The molecule has 0 atom stereocenters. The largest absolute Gasteiger partial charge is 0.223 e. The first-order chi connectivity index (χ1) is 8.60. The maximum Gasteiger partial charge on any atom is 0.182 e. The summed E-state index contributed by atoms with van der Waals surface area (Å²) in [6.45, 7) is 0. The molecule has 0 spiro atoms. The molecule has 0 saturated heterocycles. The molecule has 0 aromatic heterocycles. The van der Waals surface area contributed by atoms with Gasteiger partial charge in [-0.15, -0.1) is 0 Å². The van der Waals surface area contributed by atoms with Crippen molar-refractivity contribution in [3.8, 4) is 0 Å². The van der Waals surface area contributed by atoms with E-state index in [1.807, 2.05) is 0 Å². The molecule has 0 saturated carbocycles. The van der Waals surface area contributed by atoms with Crippen LogP contribution in [-0.2, 0) is 9.84 Å². The number of hydrogen-bond acceptors (Lipinski definition) is 4. The van der Waals surface area contributed by atoms with Crippen molar-refractivity contribution in [3.63, 3.8) is 0 Å². The van der Waals surface area contributed by atoms with Crippen LogP contribution >= 0.6 is 0 Å². The summed E-state index contributed by atoms with van der Waals surface area (Å²) in [5, 5.41) is 6.23. The highest BCUT2D eigenvalue weighted by atomic mass is 32.2. The van der Waals surface area contributed by atoms with Gasteiger partial charge in [-0.3, -0.25) is 0 Å². The molecule has 9 heteroatoms. The van der Waals surface area contributed by atoms with Gasteiger partial charge >= 0.3 is 0 Å². The Kier molecular flexibility index (Phi) is 4.77. The second kappa shape index (κ2) is 6.31. The molecule has 1 aromatic carbocycles. The van der Waals surface area contributed by atoms with Gasteiger partial charge in [-0.25, -0.2) is 8.42 Å². The summed E-state index contributed by atoms with van der Waals surface area (Å²) in [4.78, 5) is 5.01. The van der Waals surface area contributed by atoms with Crippen LogP contribution in [0, 0.1) is 0 Å². The SMILES string of the molecule is [N-]=[N+]=N/C=C(\CS(=O)(=O)c1ccccc1)N=[N+]=[N-]. The maximum absolute atomic E-state index is 11.9. The van der Waals surface area contributed by atoms with Gasteiger partial charge in [0.1, 0.15) is 0 Å². The van der Waals surface area contributed by atoms with Crippen molar-refractivity contribution in [1.29, 1.82) is 0 Å². The van der Waals surface area contributed by atoms with Crippen LogP contribution in [0.15, 0.2) is 57.4 Å². The van der Waals surface area contributed by atoms with Gasteiger partial charge < -0.3 is 0 Å². The van der Waals surface area contributed by atoms with Crippen LogP contribution in [0.25, 0.3) is 20.9 Å². The van der Waals surface area contributed by atoms with Crippen LogP contribution in [0.5, 0.6) is 0 Å². The van der Waals surface area contributed by atoms with E-state index in [0.717, 1.165) is 6.20 Å². The Morgan fingerprint density at radius 2 is 1.89 bits per heavy atom. The molecule has 0 amide bonds. The summed E-state index contributed by atoms with van der Waals surface area (Å²) in [5.41, 5.74) is 16.3. The number of azide groups is 2. The lowest BCUT2D eigenvalue weighted by Gasteiger charge is -2.03. The molecule has 1 rings (SSSR count). The van der Waals surface area contributed by atoms with E-state index in [-0.39, 0.29) is 10.6 Å². The van der Waals surface area contributed by atoms with Crippen LogP contribution in [-0.4, -0.2) is 14.2 Å². The second-order valence-electron chi connectivity index (χ2n) is 3.09. The Hall–Kier alpha value is -2.47. The molecule has 0 aliphatic rings. The van der Waals surface area contributed by atoms with E-state index >= 15 is 0 Å². The van der Waals surface area contributed by atoms with Crippen molar-refractivity contribution in [1.82, 2.24) is 0 Å². The molecule has 0 unspecified atom stereocenters. The van der Waals surface area contributed by atoms with Crippen molar-refractivity contribution < 1.29 is 8.42 Å². The van der Waals surface area contributed by atoms with Crippen LogP contribution in [0.3, 0.4) is 0 Å². The molecular weight excluding hydrogens is 256 g/mol. The van der Waals surface area contributed by atoms with Gasteiger partial charge in [0, 0.05) is 21.7 Å². The van der Waals surface area contributed by atoms with Gasteiger partial charge in [-0.1, -0.05) is 28.4 Å². The first-order valence-corrected chi connectivity index (χ1v) is 6.31. The number of nitrogens with zero attached hydrogens (tertiary/aromatic N) is 6. The zero-order chi connectivity index (χ0) is 13.4. The van der Waals surface area contributed by atoms with Gasteiger partial charge in [0.25, 0.3) is 0 Å². The highest BCUT2D eigenvalue weighted by Crippen LogP contribution is 2.14. The predicted molar refractivity (Wildman–Crippen MR) is 64.9 cm³/mol. The van der Waals surface area contributed by atoms with Gasteiger partial charge in [0.2, 0.25) is 0 Å². The second-order valence-corrected chi connectivity index (χ2v) is 5.08. The lowest BCUT2D eigenvalue weighted by molar-refractivity contribution is 0.598. The van der Waals surface area contributed by atoms with E-state index in [1.165, 1.54) is 12.1 Å². The van der Waals surface area contributed by atoms with Gasteiger partial charge in [0.15, 0.2) is 9.84 Å². The fourth-order valence-electron chi connectivity index (χ4n) is 1.15. The zero-order valence-corrected chi connectivity index (χ0v) is 9.90. The normalized spacial score (nSPS) is 11.2. The topological polar surface area (TPSA) is 132 Å². The molecule has 0 N–H and O–H groups in total. The van der Waals surface area contributed by atoms with Crippen molar-refractivity contribution in [2.75, 3.05) is 5.75 Å². The van der Waals surface area contributed by atoms with E-state index in [2.05, 4.69) is 20.1 Å². The van der Waals surface area contributed by atoms with Gasteiger partial charge in [0.05, 0.1) is 10.6 Å². The number of rotatable bonds is 5. The summed E-state index contributed by atoms with van der Waals surface area (Å²) >= 11 is 0. The first-order valence-electron chi connectivity index (χ1n) is 4.66. The minimum absolute atomic E-state index is 0.102. The van der Waals surface area contributed by atoms with Crippen molar-refractivity contribution in [2.45, 2.75) is 4.90 Å². The Bertz CT molecular complexity index is 639. The number of hydrogen-bond donors (Lipinski definition) is 0. The fraction of sp³-hybridized carbons (Fsp3) is 0.111. The smallest absolute Gasteiger partial charge is 0.182 e. The molecule has 92 valence electrons. The first kappa shape index (κ1) is 13.6. The molecule has 0 aliphatic heterocycles. The van der Waals surface area contributed by atoms with Crippen molar-refractivity contribution in [2.24, 2.45) is 10.2 Å². The van der Waals surface area contributed by atoms with Gasteiger partial charge in [-0.05, 0) is 23.2 Å². The zero-order valence-electron chi connectivity index (χ0n) is 9.08. The Morgan fingerprint density at radius 1 is 1.22 bits per heavy atom. The summed E-state index contributed by atoms with van der Waals surface area (Å²) in [7, 11) is -3.63. The van der Waals surface area contributed by atoms with Crippen LogP contribution in [0.2, 0.25) is 0 Å². The Labute approximate surface area is 103 Å². The molecular formula is C9H8N6O2S. The summed E-state index contributed by atoms with van der Waals surface area (Å²) < 4.78 is 23.8. The van der Waals surface area contributed by atoms with E-state index in [0.29, 0.717) is 0 Å². The lowest BCUT2D eigenvalue weighted by atomic mass is 10.4. The van der Waals surface area contributed by atoms with E-state index < -0.39 is 15.6 Å². The third-order valence-electron chi connectivity index (χ3n) is 1.87. The van der Waals surface area contributed by atoms with E-state index in [4.69, 9.17) is 11.1 Å². The average Bonchev–Trinajstić information content (AvgIpc) is 2.37. The molecule has 18 heavy (non-hydrogen) atoms. The van der Waals surface area contributed by atoms with E-state index in [1.54, 1.807) is 18.2 Å². The predicted octanol–water partition coefficient (Wildman–Crippen LogP) is 2.92. The molecule has 1 aromatic rings. The van der Waals surface area contributed by atoms with Crippen molar-refractivity contribution in [3.05, 3.63) is 63.1 Å². The van der Waals surface area contributed by atoms with E-state index in [9.17, 15) is 8.42 Å². The number of benzene rings is 1. The molecule has 8 nitrogen and oxygen atoms in total. The molecule has 0 fully saturated rings. The monoisotopic (exact) mass is 264 g/mol. The molecule has 0 bridgehead atoms. The average molecular weight is 264 g/mol. The lowest BCUT2D eigenvalue weighted by Crippen LogP contribution is -2.07. The third-order valence-corrected chi connectivity index (χ3v) is 3.54. The van der Waals surface area contributed by atoms with Gasteiger partial charge in [-0.2, -0.15) is 0 Å².